The van der Waals surface area contributed by atoms with E-state index in [1.165, 1.54) is 0 Å². The van der Waals surface area contributed by atoms with Gasteiger partial charge in [-0.05, 0) is 32.4 Å². The molecule has 1 aromatic carbocycles. The van der Waals surface area contributed by atoms with Crippen molar-refractivity contribution < 1.29 is 8.42 Å². The third-order valence-electron chi connectivity index (χ3n) is 3.54. The topological polar surface area (TPSA) is 49.4 Å². The van der Waals surface area contributed by atoms with Crippen LogP contribution in [0.1, 0.15) is 26.3 Å². The molecule has 0 aliphatic carbocycles. The zero-order valence-corrected chi connectivity index (χ0v) is 14.4. The Morgan fingerprint density at radius 3 is 2.43 bits per heavy atom. The summed E-state index contributed by atoms with van der Waals surface area (Å²) in [6.07, 6.45) is 0. The molecule has 21 heavy (non-hydrogen) atoms. The van der Waals surface area contributed by atoms with Gasteiger partial charge in [-0.2, -0.15) is 0 Å². The molecule has 1 saturated heterocycles. The molecule has 0 unspecified atom stereocenters. The van der Waals surface area contributed by atoms with Gasteiger partial charge in [0, 0.05) is 25.2 Å². The maximum absolute atomic E-state index is 11.6. The van der Waals surface area contributed by atoms with Crippen LogP contribution in [0.15, 0.2) is 18.2 Å². The molecular formula is C15H23ClN2O2S. The number of hydrogen-bond acceptors (Lipinski definition) is 4. The third-order valence-corrected chi connectivity index (χ3v) is 5.45. The molecule has 2 rings (SSSR count). The summed E-state index contributed by atoms with van der Waals surface area (Å²) in [5.74, 6) is 0.398. The number of hydrogen-bond donors (Lipinski definition) is 1. The Bertz CT molecular complexity index is 595. The lowest BCUT2D eigenvalue weighted by Gasteiger charge is -2.32. The van der Waals surface area contributed by atoms with E-state index in [0.29, 0.717) is 24.7 Å². The van der Waals surface area contributed by atoms with Crippen molar-refractivity contribution in [2.45, 2.75) is 32.9 Å². The summed E-state index contributed by atoms with van der Waals surface area (Å²) in [5, 5.41) is 4.14. The van der Waals surface area contributed by atoms with Gasteiger partial charge in [-0.3, -0.25) is 0 Å². The van der Waals surface area contributed by atoms with E-state index in [9.17, 15) is 8.42 Å². The molecule has 0 bridgehead atoms. The fourth-order valence-corrected chi connectivity index (χ4v) is 3.87. The van der Waals surface area contributed by atoms with Crippen molar-refractivity contribution in [1.29, 1.82) is 0 Å². The molecule has 1 heterocycles. The molecule has 0 atom stereocenters. The fraction of sp³-hybridized carbons (Fsp3) is 0.600. The lowest BCUT2D eigenvalue weighted by atomic mass is 10.1. The summed E-state index contributed by atoms with van der Waals surface area (Å²) in [5.41, 5.74) is 2.09. The highest BCUT2D eigenvalue weighted by atomic mass is 35.5. The summed E-state index contributed by atoms with van der Waals surface area (Å²) in [6.45, 7) is 8.08. The van der Waals surface area contributed by atoms with Crippen molar-refractivity contribution >= 4 is 27.1 Å². The maximum Gasteiger partial charge on any atom is 0.153 e. The minimum atomic E-state index is -2.89. The van der Waals surface area contributed by atoms with Crippen molar-refractivity contribution in [1.82, 2.24) is 5.32 Å². The van der Waals surface area contributed by atoms with Crippen molar-refractivity contribution in [3.8, 4) is 0 Å². The van der Waals surface area contributed by atoms with E-state index < -0.39 is 9.84 Å². The largest absolute Gasteiger partial charge is 0.368 e. The molecule has 118 valence electrons. The minimum Gasteiger partial charge on any atom is -0.368 e. The number of benzene rings is 1. The summed E-state index contributed by atoms with van der Waals surface area (Å²) in [7, 11) is -2.89. The molecule has 6 heteroatoms. The van der Waals surface area contributed by atoms with E-state index in [4.69, 9.17) is 11.6 Å². The second kappa shape index (κ2) is 6.15. The van der Waals surface area contributed by atoms with Gasteiger partial charge in [0.05, 0.1) is 22.2 Å². The van der Waals surface area contributed by atoms with Crippen molar-refractivity contribution in [2.75, 3.05) is 29.5 Å². The normalized spacial score (nSPS) is 18.8. The average Bonchev–Trinajstić information content (AvgIpc) is 2.36. The number of sulfone groups is 1. The number of nitrogens with zero attached hydrogens (tertiary/aromatic N) is 1. The van der Waals surface area contributed by atoms with Gasteiger partial charge in [-0.25, -0.2) is 8.42 Å². The Balaban J connectivity index is 2.22. The molecule has 4 nitrogen and oxygen atoms in total. The Morgan fingerprint density at radius 1 is 1.24 bits per heavy atom. The van der Waals surface area contributed by atoms with E-state index >= 15 is 0 Å². The van der Waals surface area contributed by atoms with Gasteiger partial charge in [-0.15, -0.1) is 0 Å². The maximum atomic E-state index is 11.6. The highest BCUT2D eigenvalue weighted by molar-refractivity contribution is 7.91. The molecule has 1 fully saturated rings. The van der Waals surface area contributed by atoms with Crippen LogP contribution in [-0.4, -0.2) is 38.6 Å². The fourth-order valence-electron chi connectivity index (χ4n) is 2.35. The van der Waals surface area contributed by atoms with E-state index in [1.807, 2.05) is 18.2 Å². The lowest BCUT2D eigenvalue weighted by molar-refractivity contribution is 0.424. The van der Waals surface area contributed by atoms with Crippen LogP contribution in [0.3, 0.4) is 0 Å². The second-order valence-electron chi connectivity index (χ2n) is 6.49. The minimum absolute atomic E-state index is 0.0187. The average molecular weight is 331 g/mol. The first kappa shape index (κ1) is 16.6. The highest BCUT2D eigenvalue weighted by Crippen LogP contribution is 2.31. The second-order valence-corrected chi connectivity index (χ2v) is 9.20. The smallest absolute Gasteiger partial charge is 0.153 e. The van der Waals surface area contributed by atoms with Crippen molar-refractivity contribution in [3.05, 3.63) is 28.8 Å². The Labute approximate surface area is 132 Å². The first-order valence-corrected chi connectivity index (χ1v) is 9.36. The highest BCUT2D eigenvalue weighted by Gasteiger charge is 2.25. The van der Waals surface area contributed by atoms with Crippen LogP contribution in [0.2, 0.25) is 5.02 Å². The van der Waals surface area contributed by atoms with Crippen molar-refractivity contribution in [2.24, 2.45) is 0 Å². The van der Waals surface area contributed by atoms with Crippen LogP contribution < -0.4 is 10.2 Å². The van der Waals surface area contributed by atoms with Gasteiger partial charge >= 0.3 is 0 Å². The van der Waals surface area contributed by atoms with Crippen LogP contribution in [0, 0.1) is 0 Å². The molecule has 0 radical (unpaired) electrons. The summed E-state index contributed by atoms with van der Waals surface area (Å²) < 4.78 is 23.2. The van der Waals surface area contributed by atoms with Gasteiger partial charge in [0.1, 0.15) is 0 Å². The van der Waals surface area contributed by atoms with Crippen LogP contribution >= 0.6 is 11.6 Å². The predicted octanol–water partition coefficient (Wildman–Crippen LogP) is 2.46. The van der Waals surface area contributed by atoms with E-state index in [1.54, 1.807) is 0 Å². The van der Waals surface area contributed by atoms with Crippen molar-refractivity contribution in [3.63, 3.8) is 0 Å². The standard InChI is InChI=1S/C15H23ClN2O2S/c1-15(2,3)17-11-12-5-4-6-13(16)14(12)18-7-9-21(19,20)10-8-18/h4-6,17H,7-11H2,1-3H3. The Morgan fingerprint density at radius 2 is 1.86 bits per heavy atom. The van der Waals surface area contributed by atoms with Gasteiger partial charge in [0.25, 0.3) is 0 Å². The summed E-state index contributed by atoms with van der Waals surface area (Å²) >= 11 is 6.36. The molecule has 1 aromatic rings. The first-order valence-electron chi connectivity index (χ1n) is 7.16. The molecule has 0 aromatic heterocycles. The zero-order valence-electron chi connectivity index (χ0n) is 12.8. The van der Waals surface area contributed by atoms with E-state index in [-0.39, 0.29) is 17.0 Å². The first-order chi connectivity index (χ1) is 9.68. The number of para-hydroxylation sites is 1. The molecule has 0 saturated carbocycles. The van der Waals surface area contributed by atoms with Gasteiger partial charge in [-0.1, -0.05) is 23.7 Å². The SMILES string of the molecule is CC(C)(C)NCc1cccc(Cl)c1N1CCS(=O)(=O)CC1. The number of rotatable bonds is 3. The molecule has 1 aliphatic rings. The van der Waals surface area contributed by atoms with Crippen LogP contribution in [0.4, 0.5) is 5.69 Å². The third kappa shape index (κ3) is 4.59. The van der Waals surface area contributed by atoms with Gasteiger partial charge < -0.3 is 10.2 Å². The van der Waals surface area contributed by atoms with Gasteiger partial charge in [0.15, 0.2) is 9.84 Å². The van der Waals surface area contributed by atoms with Crippen LogP contribution in [-0.2, 0) is 16.4 Å². The quantitative estimate of drug-likeness (QED) is 0.925. The Kier molecular flexibility index (Phi) is 4.85. The molecule has 0 spiro atoms. The number of halogens is 1. The predicted molar refractivity (Wildman–Crippen MR) is 88.9 cm³/mol. The molecule has 1 N–H and O–H groups in total. The monoisotopic (exact) mass is 330 g/mol. The van der Waals surface area contributed by atoms with E-state index in [2.05, 4.69) is 31.0 Å². The van der Waals surface area contributed by atoms with E-state index in [0.717, 1.165) is 11.3 Å². The van der Waals surface area contributed by atoms with Crippen LogP contribution in [0.5, 0.6) is 0 Å². The lowest BCUT2D eigenvalue weighted by Crippen LogP contribution is -2.41. The summed E-state index contributed by atoms with van der Waals surface area (Å²) in [4.78, 5) is 2.09. The number of nitrogens with one attached hydrogen (secondary N) is 1. The summed E-state index contributed by atoms with van der Waals surface area (Å²) in [6, 6.07) is 5.84. The van der Waals surface area contributed by atoms with Gasteiger partial charge in [0.2, 0.25) is 0 Å². The molecular weight excluding hydrogens is 308 g/mol. The zero-order chi connectivity index (χ0) is 15.7. The Hall–Kier alpha value is -0.780. The molecule has 0 amide bonds. The van der Waals surface area contributed by atoms with Crippen LogP contribution in [0.25, 0.3) is 0 Å². The molecule has 1 aliphatic heterocycles. The number of anilines is 1.